The van der Waals surface area contributed by atoms with E-state index in [1.165, 1.54) is 19.4 Å². The number of nitrogens with two attached hydrogens (primary N) is 2. The lowest BCUT2D eigenvalue weighted by Gasteiger charge is -2.23. The molecule has 9 N–H and O–H groups in total. The van der Waals surface area contributed by atoms with E-state index in [-0.39, 0.29) is 6.42 Å². The molecule has 3 amide bonds. The van der Waals surface area contributed by atoms with Gasteiger partial charge in [0.2, 0.25) is 17.7 Å². The molecule has 0 aromatic carbocycles. The lowest BCUT2D eigenvalue weighted by Crippen LogP contribution is -2.57. The van der Waals surface area contributed by atoms with E-state index in [1.807, 2.05) is 0 Å². The van der Waals surface area contributed by atoms with Crippen LogP contribution in [0.15, 0.2) is 12.5 Å². The van der Waals surface area contributed by atoms with E-state index >= 15 is 0 Å². The molecule has 12 nitrogen and oxygen atoms in total. The number of hydrogen-bond acceptors (Lipinski definition) is 7. The van der Waals surface area contributed by atoms with Crippen molar-refractivity contribution in [3.05, 3.63) is 18.2 Å². The molecule has 0 bridgehead atoms. The molecule has 0 aliphatic rings. The molecular formula is C14H22N6O6. The first-order valence-electron chi connectivity index (χ1n) is 7.64. The van der Waals surface area contributed by atoms with Crippen LogP contribution in [-0.4, -0.2) is 68.1 Å². The second kappa shape index (κ2) is 9.48. The molecule has 1 heterocycles. The number of carboxylic acids is 1. The van der Waals surface area contributed by atoms with Crippen molar-refractivity contribution in [2.75, 3.05) is 0 Å². The quantitative estimate of drug-likeness (QED) is 0.220. The topological polar surface area (TPSA) is 214 Å². The Kier molecular flexibility index (Phi) is 7.68. The van der Waals surface area contributed by atoms with Gasteiger partial charge < -0.3 is 37.3 Å². The second-order valence-electron chi connectivity index (χ2n) is 5.68. The molecule has 144 valence electrons. The number of imidazole rings is 1. The van der Waals surface area contributed by atoms with Crippen molar-refractivity contribution in [1.82, 2.24) is 20.6 Å². The predicted molar refractivity (Wildman–Crippen MR) is 87.3 cm³/mol. The number of carbonyl (C=O) groups excluding carboxylic acids is 3. The normalized spacial score (nSPS) is 15.3. The number of aromatic amines is 1. The Labute approximate surface area is 148 Å². The Bertz CT molecular complexity index is 646. The van der Waals surface area contributed by atoms with Crippen molar-refractivity contribution in [3.63, 3.8) is 0 Å². The maximum absolute atomic E-state index is 12.4. The SMILES string of the molecule is C[C@@H](O)[C@H](N)C(=O)N[C@@H](Cc1cnc[nH]1)C(=O)N[C@@H](CC(N)=O)C(=O)O. The van der Waals surface area contributed by atoms with E-state index in [2.05, 4.69) is 20.6 Å². The van der Waals surface area contributed by atoms with Crippen LogP contribution in [0.2, 0.25) is 0 Å². The monoisotopic (exact) mass is 370 g/mol. The van der Waals surface area contributed by atoms with Crippen LogP contribution in [0.1, 0.15) is 19.0 Å². The van der Waals surface area contributed by atoms with Gasteiger partial charge in [0.25, 0.3) is 0 Å². The molecule has 0 spiro atoms. The summed E-state index contributed by atoms with van der Waals surface area (Å²) in [5, 5.41) is 22.9. The van der Waals surface area contributed by atoms with Gasteiger partial charge in [-0.05, 0) is 6.92 Å². The summed E-state index contributed by atoms with van der Waals surface area (Å²) < 4.78 is 0. The van der Waals surface area contributed by atoms with Crippen molar-refractivity contribution in [2.45, 2.75) is 44.0 Å². The van der Waals surface area contributed by atoms with E-state index in [1.54, 1.807) is 0 Å². The first-order chi connectivity index (χ1) is 12.1. The highest BCUT2D eigenvalue weighted by Gasteiger charge is 2.30. The summed E-state index contributed by atoms with van der Waals surface area (Å²) in [5.74, 6) is -4.03. The number of amides is 3. The highest BCUT2D eigenvalue weighted by Crippen LogP contribution is 2.02. The Morgan fingerprint density at radius 3 is 2.31 bits per heavy atom. The van der Waals surface area contributed by atoms with Crippen molar-refractivity contribution in [2.24, 2.45) is 11.5 Å². The van der Waals surface area contributed by atoms with Gasteiger partial charge in [-0.3, -0.25) is 14.4 Å². The summed E-state index contributed by atoms with van der Waals surface area (Å²) in [6.07, 6.45) is 0.957. The number of carbonyl (C=O) groups is 4. The number of aliphatic hydroxyl groups is 1. The van der Waals surface area contributed by atoms with Crippen LogP contribution in [0, 0.1) is 0 Å². The highest BCUT2D eigenvalue weighted by atomic mass is 16.4. The summed E-state index contributed by atoms with van der Waals surface area (Å²) in [7, 11) is 0. The van der Waals surface area contributed by atoms with Crippen LogP contribution < -0.4 is 22.1 Å². The molecule has 0 saturated carbocycles. The van der Waals surface area contributed by atoms with Gasteiger partial charge in [0.05, 0.1) is 18.9 Å². The molecule has 4 atom stereocenters. The van der Waals surface area contributed by atoms with Gasteiger partial charge in [-0.2, -0.15) is 0 Å². The Morgan fingerprint density at radius 2 is 1.85 bits per heavy atom. The molecule has 0 aliphatic carbocycles. The number of hydrogen-bond donors (Lipinski definition) is 7. The van der Waals surface area contributed by atoms with E-state index in [0.717, 1.165) is 0 Å². The van der Waals surface area contributed by atoms with E-state index in [9.17, 15) is 24.3 Å². The first-order valence-corrected chi connectivity index (χ1v) is 7.64. The molecule has 1 aromatic heterocycles. The van der Waals surface area contributed by atoms with Gasteiger partial charge in [0.15, 0.2) is 0 Å². The number of primary amides is 1. The Balaban J connectivity index is 2.91. The average molecular weight is 370 g/mol. The van der Waals surface area contributed by atoms with Gasteiger partial charge in [-0.15, -0.1) is 0 Å². The minimum Gasteiger partial charge on any atom is -0.480 e. The first kappa shape index (κ1) is 21.1. The Hall–Kier alpha value is -2.99. The molecule has 0 fully saturated rings. The number of aromatic nitrogens is 2. The van der Waals surface area contributed by atoms with E-state index < -0.39 is 54.3 Å². The summed E-state index contributed by atoms with van der Waals surface area (Å²) >= 11 is 0. The summed E-state index contributed by atoms with van der Waals surface area (Å²) in [6, 6.07) is -4.05. The van der Waals surface area contributed by atoms with Crippen LogP contribution >= 0.6 is 0 Å². The maximum Gasteiger partial charge on any atom is 0.326 e. The zero-order valence-corrected chi connectivity index (χ0v) is 14.0. The minimum absolute atomic E-state index is 0.0486. The van der Waals surface area contributed by atoms with Crippen molar-refractivity contribution >= 4 is 23.7 Å². The number of carboxylic acid groups (broad SMARTS) is 1. The fourth-order valence-electron chi connectivity index (χ4n) is 1.99. The summed E-state index contributed by atoms with van der Waals surface area (Å²) in [6.45, 7) is 1.31. The van der Waals surface area contributed by atoms with Crippen molar-refractivity contribution in [1.29, 1.82) is 0 Å². The number of nitrogens with one attached hydrogen (secondary N) is 3. The van der Waals surface area contributed by atoms with Crippen molar-refractivity contribution < 1.29 is 29.4 Å². The number of H-pyrrole nitrogens is 1. The predicted octanol–water partition coefficient (Wildman–Crippen LogP) is -3.41. The van der Waals surface area contributed by atoms with Crippen LogP contribution in [-0.2, 0) is 25.6 Å². The molecule has 0 unspecified atom stereocenters. The lowest BCUT2D eigenvalue weighted by molar-refractivity contribution is -0.143. The standard InChI is InChI=1S/C14H22N6O6/c1-6(21)11(16)13(24)19-8(2-7-4-17-5-18-7)12(23)20-9(14(25)26)3-10(15)22/h4-6,8-9,11,21H,2-3,16H2,1H3,(H2,15,22)(H,17,18)(H,19,24)(H,20,23)(H,25,26)/t6-,8+,9+,11+/m1/s1. The lowest BCUT2D eigenvalue weighted by atomic mass is 10.1. The van der Waals surface area contributed by atoms with Crippen LogP contribution in [0.4, 0.5) is 0 Å². The van der Waals surface area contributed by atoms with Gasteiger partial charge in [-0.25, -0.2) is 9.78 Å². The number of rotatable bonds is 10. The molecule has 26 heavy (non-hydrogen) atoms. The second-order valence-corrected chi connectivity index (χ2v) is 5.68. The number of nitrogens with zero attached hydrogens (tertiary/aromatic N) is 1. The molecule has 0 radical (unpaired) electrons. The summed E-state index contributed by atoms with van der Waals surface area (Å²) in [5.41, 5.74) is 11.0. The third-order valence-electron chi connectivity index (χ3n) is 3.45. The number of aliphatic hydroxyl groups excluding tert-OH is 1. The van der Waals surface area contributed by atoms with Crippen LogP contribution in [0.3, 0.4) is 0 Å². The van der Waals surface area contributed by atoms with Gasteiger partial charge in [-0.1, -0.05) is 0 Å². The molecule has 0 aliphatic heterocycles. The van der Waals surface area contributed by atoms with Crippen LogP contribution in [0.5, 0.6) is 0 Å². The third-order valence-corrected chi connectivity index (χ3v) is 3.45. The van der Waals surface area contributed by atoms with Gasteiger partial charge >= 0.3 is 5.97 Å². The minimum atomic E-state index is -1.55. The van der Waals surface area contributed by atoms with Crippen LogP contribution in [0.25, 0.3) is 0 Å². The molecular weight excluding hydrogens is 348 g/mol. The molecule has 0 saturated heterocycles. The largest absolute Gasteiger partial charge is 0.480 e. The fourth-order valence-corrected chi connectivity index (χ4v) is 1.99. The molecule has 12 heteroatoms. The smallest absolute Gasteiger partial charge is 0.326 e. The molecule has 1 rings (SSSR count). The number of aliphatic carboxylic acids is 1. The molecule has 1 aromatic rings. The van der Waals surface area contributed by atoms with E-state index in [0.29, 0.717) is 5.69 Å². The third kappa shape index (κ3) is 6.49. The maximum atomic E-state index is 12.4. The zero-order chi connectivity index (χ0) is 19.9. The van der Waals surface area contributed by atoms with Gasteiger partial charge in [0, 0.05) is 18.3 Å². The van der Waals surface area contributed by atoms with E-state index in [4.69, 9.17) is 16.6 Å². The zero-order valence-electron chi connectivity index (χ0n) is 14.0. The Morgan fingerprint density at radius 1 is 1.23 bits per heavy atom. The summed E-state index contributed by atoms with van der Waals surface area (Å²) in [4.78, 5) is 53.1. The van der Waals surface area contributed by atoms with Gasteiger partial charge in [0.1, 0.15) is 18.1 Å². The fraction of sp³-hybridized carbons (Fsp3) is 0.500. The highest BCUT2D eigenvalue weighted by molar-refractivity contribution is 5.93. The average Bonchev–Trinajstić information content (AvgIpc) is 3.04. The van der Waals surface area contributed by atoms with Crippen molar-refractivity contribution in [3.8, 4) is 0 Å².